The Morgan fingerprint density at radius 1 is 1.03 bits per heavy atom. The minimum atomic E-state index is -7.15. The molecular weight excluding hydrogens is 421 g/mol. The largest absolute Gasteiger partial charge is 0.460 e. The topological polar surface area (TPSA) is 37.4 Å². The number of alkyl halides is 9. The molecule has 168 valence electrons. The lowest BCUT2D eigenvalue weighted by Crippen LogP contribution is -2.67. The van der Waals surface area contributed by atoms with Crippen LogP contribution in [0.15, 0.2) is 0 Å². The van der Waals surface area contributed by atoms with Crippen LogP contribution < -0.4 is 0 Å². The quantitative estimate of drug-likeness (QED) is 0.581. The number of hydrogen-bond donors (Lipinski definition) is 0. The summed E-state index contributed by atoms with van der Waals surface area (Å²) >= 11 is 0. The number of nitrogens with zero attached hydrogens (tertiary/aromatic N) is 1. The Labute approximate surface area is 160 Å². The third kappa shape index (κ3) is 2.72. The van der Waals surface area contributed by atoms with Crippen LogP contribution in [-0.4, -0.2) is 53.6 Å². The molecule has 0 aromatic rings. The van der Waals surface area contributed by atoms with Crippen molar-refractivity contribution in [2.24, 2.45) is 16.7 Å². The first kappa shape index (κ1) is 23.8. The Morgan fingerprint density at radius 2 is 1.52 bits per heavy atom. The molecule has 3 nitrogen and oxygen atoms in total. The smallest absolute Gasteiger partial charge is 0.337 e. The molecule has 29 heavy (non-hydrogen) atoms. The minimum Gasteiger partial charge on any atom is -0.337 e. The van der Waals surface area contributed by atoms with Crippen LogP contribution in [-0.2, 0) is 9.59 Å². The molecule has 2 aliphatic rings. The zero-order valence-electron chi connectivity index (χ0n) is 15.9. The van der Waals surface area contributed by atoms with Gasteiger partial charge in [0, 0.05) is 19.5 Å². The first-order valence-electron chi connectivity index (χ1n) is 8.72. The van der Waals surface area contributed by atoms with Gasteiger partial charge in [0.05, 0.1) is 5.41 Å². The van der Waals surface area contributed by atoms with Gasteiger partial charge in [-0.3, -0.25) is 9.59 Å². The van der Waals surface area contributed by atoms with Gasteiger partial charge in [0.1, 0.15) is 5.78 Å². The first-order chi connectivity index (χ1) is 12.7. The van der Waals surface area contributed by atoms with Crippen molar-refractivity contribution in [1.29, 1.82) is 0 Å². The van der Waals surface area contributed by atoms with E-state index in [0.717, 1.165) is 6.92 Å². The van der Waals surface area contributed by atoms with E-state index in [-0.39, 0.29) is 29.4 Å². The molecule has 0 heterocycles. The average Bonchev–Trinajstić information content (AvgIpc) is 2.93. The van der Waals surface area contributed by atoms with Gasteiger partial charge >= 0.3 is 23.9 Å². The molecule has 2 rings (SSSR count). The highest BCUT2D eigenvalue weighted by molar-refractivity contribution is 5.92. The highest BCUT2D eigenvalue weighted by Crippen LogP contribution is 2.66. The Kier molecular flexibility index (Phi) is 5.13. The van der Waals surface area contributed by atoms with Crippen molar-refractivity contribution in [1.82, 2.24) is 4.90 Å². The maximum atomic E-state index is 14.0. The molecule has 2 saturated carbocycles. The third-order valence-corrected chi connectivity index (χ3v) is 7.01. The Bertz CT molecular complexity index is 716. The average molecular weight is 441 g/mol. The zero-order valence-corrected chi connectivity index (χ0v) is 15.9. The van der Waals surface area contributed by atoms with E-state index in [2.05, 4.69) is 0 Å². The van der Waals surface area contributed by atoms with Crippen molar-refractivity contribution >= 4 is 11.7 Å². The molecule has 3 unspecified atom stereocenters. The van der Waals surface area contributed by atoms with Gasteiger partial charge in [0.15, 0.2) is 0 Å². The Balaban J connectivity index is 2.42. The van der Waals surface area contributed by atoms with Crippen molar-refractivity contribution < 1.29 is 49.1 Å². The summed E-state index contributed by atoms with van der Waals surface area (Å²) in [6, 6.07) is -1.42. The van der Waals surface area contributed by atoms with E-state index in [1.165, 1.54) is 0 Å². The number of carbonyl (C=O) groups is 2. The van der Waals surface area contributed by atoms with Gasteiger partial charge in [0.25, 0.3) is 5.91 Å². The second-order valence-electron chi connectivity index (χ2n) is 8.37. The maximum absolute atomic E-state index is 14.0. The van der Waals surface area contributed by atoms with Crippen LogP contribution in [0.25, 0.3) is 0 Å². The second kappa shape index (κ2) is 6.26. The number of fused-ring (bicyclic) bond motifs is 2. The van der Waals surface area contributed by atoms with Crippen molar-refractivity contribution in [2.75, 3.05) is 7.05 Å². The van der Waals surface area contributed by atoms with Crippen LogP contribution in [0.3, 0.4) is 0 Å². The van der Waals surface area contributed by atoms with Crippen LogP contribution in [0.2, 0.25) is 0 Å². The summed E-state index contributed by atoms with van der Waals surface area (Å²) in [7, 11) is 0.590. The number of carbonyl (C=O) groups excluding carboxylic acids is 2. The number of amides is 1. The van der Waals surface area contributed by atoms with E-state index in [9.17, 15) is 49.1 Å². The van der Waals surface area contributed by atoms with Crippen molar-refractivity contribution in [3.63, 3.8) is 0 Å². The molecule has 0 spiro atoms. The van der Waals surface area contributed by atoms with E-state index in [1.807, 2.05) is 0 Å². The van der Waals surface area contributed by atoms with Gasteiger partial charge in [-0.05, 0) is 31.1 Å². The highest BCUT2D eigenvalue weighted by atomic mass is 19.4. The van der Waals surface area contributed by atoms with E-state index in [0.29, 0.717) is 13.5 Å². The molecule has 0 N–H and O–H groups in total. The molecule has 2 fully saturated rings. The summed E-state index contributed by atoms with van der Waals surface area (Å²) in [5.41, 5.74) is -2.19. The number of hydrogen-bond acceptors (Lipinski definition) is 2. The summed E-state index contributed by atoms with van der Waals surface area (Å²) in [6.07, 6.45) is -6.27. The fourth-order valence-electron chi connectivity index (χ4n) is 4.93. The van der Waals surface area contributed by atoms with Gasteiger partial charge < -0.3 is 4.90 Å². The second-order valence-corrected chi connectivity index (χ2v) is 8.37. The van der Waals surface area contributed by atoms with Crippen LogP contribution in [0, 0.1) is 16.7 Å². The van der Waals surface area contributed by atoms with Crippen molar-refractivity contribution in [3.8, 4) is 0 Å². The predicted octanol–water partition coefficient (Wildman–Crippen LogP) is 4.70. The Morgan fingerprint density at radius 3 is 1.86 bits per heavy atom. The molecule has 12 heteroatoms. The molecule has 0 saturated heterocycles. The zero-order chi connectivity index (χ0) is 23.0. The monoisotopic (exact) mass is 441 g/mol. The lowest BCUT2D eigenvalue weighted by Gasteiger charge is -2.46. The maximum Gasteiger partial charge on any atom is 0.460 e. The van der Waals surface area contributed by atoms with Gasteiger partial charge in [-0.25, -0.2) is 0 Å². The van der Waals surface area contributed by atoms with Crippen molar-refractivity contribution in [3.05, 3.63) is 0 Å². The summed E-state index contributed by atoms with van der Waals surface area (Å²) in [5.74, 6) is -24.0. The van der Waals surface area contributed by atoms with Gasteiger partial charge in [0.2, 0.25) is 0 Å². The molecule has 0 aliphatic heterocycles. The third-order valence-electron chi connectivity index (χ3n) is 7.01. The van der Waals surface area contributed by atoms with Gasteiger partial charge in [-0.2, -0.15) is 39.5 Å². The highest BCUT2D eigenvalue weighted by Gasteiger charge is 2.84. The molecular formula is C17H20F9NO2. The van der Waals surface area contributed by atoms with Gasteiger partial charge in [-0.1, -0.05) is 13.8 Å². The van der Waals surface area contributed by atoms with E-state index < -0.39 is 46.7 Å². The van der Waals surface area contributed by atoms with E-state index >= 15 is 0 Å². The fourth-order valence-corrected chi connectivity index (χ4v) is 4.93. The van der Waals surface area contributed by atoms with Crippen LogP contribution >= 0.6 is 0 Å². The SMILES string of the molecule is CC(N(C)C(=O)C(F)(F)C(F)(F)C(F)(F)C(F)(F)F)C12CCC(CC1=O)C2(C)C. The van der Waals surface area contributed by atoms with Crippen molar-refractivity contribution in [2.45, 2.75) is 70.0 Å². The normalized spacial score (nSPS) is 28.6. The van der Waals surface area contributed by atoms with Crippen LogP contribution in [0.1, 0.15) is 40.0 Å². The number of rotatable bonds is 5. The Hall–Kier alpha value is -1.49. The number of halogens is 9. The summed E-state index contributed by atoms with van der Waals surface area (Å²) < 4.78 is 118. The molecule has 0 aromatic carbocycles. The number of Topliss-reactive ketones (excluding diaryl/α,β-unsaturated/α-hetero) is 1. The molecule has 0 radical (unpaired) electrons. The minimum absolute atomic E-state index is 0.00624. The molecule has 2 bridgehead atoms. The fraction of sp³-hybridized carbons (Fsp3) is 0.882. The molecule has 0 aromatic heterocycles. The van der Waals surface area contributed by atoms with Gasteiger partial charge in [-0.15, -0.1) is 0 Å². The number of ketones is 1. The van der Waals surface area contributed by atoms with Crippen LogP contribution in [0.4, 0.5) is 39.5 Å². The first-order valence-corrected chi connectivity index (χ1v) is 8.72. The van der Waals surface area contributed by atoms with E-state index in [4.69, 9.17) is 0 Å². The standard InChI is InChI=1S/C17H20F9NO2/c1-8(13-6-5-9(7-10(13)28)12(13,2)3)27(4)11(29)14(18,19)15(20,21)16(22,23)17(24,25)26/h8-9H,5-7H2,1-4H3. The lowest BCUT2D eigenvalue weighted by molar-refractivity contribution is -0.389. The summed E-state index contributed by atoms with van der Waals surface area (Å²) in [4.78, 5) is 24.6. The molecule has 2 aliphatic carbocycles. The lowest BCUT2D eigenvalue weighted by atomic mass is 9.64. The predicted molar refractivity (Wildman–Crippen MR) is 81.7 cm³/mol. The molecule has 3 atom stereocenters. The van der Waals surface area contributed by atoms with Crippen LogP contribution in [0.5, 0.6) is 0 Å². The van der Waals surface area contributed by atoms with E-state index in [1.54, 1.807) is 13.8 Å². The summed E-state index contributed by atoms with van der Waals surface area (Å²) in [5, 5.41) is 0. The summed E-state index contributed by atoms with van der Waals surface area (Å²) in [6.45, 7) is 4.42. The molecule has 1 amide bonds.